The molecule has 0 fully saturated rings. The fourth-order valence-corrected chi connectivity index (χ4v) is 2.51. The number of benzene rings is 1. The third-order valence-electron chi connectivity index (χ3n) is 3.68. The van der Waals surface area contributed by atoms with Gasteiger partial charge < -0.3 is 4.90 Å². The summed E-state index contributed by atoms with van der Waals surface area (Å²) in [5.41, 5.74) is 3.38. The molecule has 0 saturated heterocycles. The fraction of sp³-hybridized carbons (Fsp3) is 0.136. The number of nitrogens with zero attached hydrogens (tertiary/aromatic N) is 2. The molecule has 0 radical (unpaired) electrons. The SMILES string of the molecule is C=C/C=C\C=C/CN(CC1=CC=CC=CC1)c1ccccc1N=C. The zero-order valence-corrected chi connectivity index (χ0v) is 14.0. The molecule has 0 unspecified atom stereocenters. The molecule has 1 aliphatic rings. The summed E-state index contributed by atoms with van der Waals surface area (Å²) in [7, 11) is 0. The quantitative estimate of drug-likeness (QED) is 0.452. The second kappa shape index (κ2) is 10.0. The molecule has 0 aromatic heterocycles. The Bertz CT molecular complexity index is 702. The maximum Gasteiger partial charge on any atom is 0.0855 e. The van der Waals surface area contributed by atoms with Gasteiger partial charge in [-0.25, -0.2) is 0 Å². The number of rotatable bonds is 8. The van der Waals surface area contributed by atoms with E-state index >= 15 is 0 Å². The van der Waals surface area contributed by atoms with E-state index in [-0.39, 0.29) is 0 Å². The van der Waals surface area contributed by atoms with E-state index in [1.807, 2.05) is 36.4 Å². The van der Waals surface area contributed by atoms with E-state index < -0.39 is 0 Å². The first kappa shape index (κ1) is 17.5. The number of hydrogen-bond donors (Lipinski definition) is 0. The smallest absolute Gasteiger partial charge is 0.0855 e. The van der Waals surface area contributed by atoms with Gasteiger partial charge in [-0.15, -0.1) is 0 Å². The molecular weight excluding hydrogens is 292 g/mol. The minimum absolute atomic E-state index is 0.804. The highest BCUT2D eigenvalue weighted by Gasteiger charge is 2.11. The molecule has 0 saturated carbocycles. The molecule has 0 bridgehead atoms. The van der Waals surface area contributed by atoms with Crippen molar-refractivity contribution in [1.82, 2.24) is 0 Å². The molecular formula is C22H24N2. The fourth-order valence-electron chi connectivity index (χ4n) is 2.51. The zero-order chi connectivity index (χ0) is 17.0. The van der Waals surface area contributed by atoms with Gasteiger partial charge >= 0.3 is 0 Å². The van der Waals surface area contributed by atoms with E-state index in [9.17, 15) is 0 Å². The topological polar surface area (TPSA) is 15.6 Å². The molecule has 0 aliphatic heterocycles. The van der Waals surface area contributed by atoms with Gasteiger partial charge in [0.1, 0.15) is 0 Å². The van der Waals surface area contributed by atoms with Gasteiger partial charge in [0.15, 0.2) is 0 Å². The summed E-state index contributed by atoms with van der Waals surface area (Å²) >= 11 is 0. The molecule has 1 aromatic carbocycles. The summed E-state index contributed by atoms with van der Waals surface area (Å²) in [6.45, 7) is 9.04. The van der Waals surface area contributed by atoms with Gasteiger partial charge in [0, 0.05) is 13.1 Å². The summed E-state index contributed by atoms with van der Waals surface area (Å²) < 4.78 is 0. The molecule has 24 heavy (non-hydrogen) atoms. The van der Waals surface area contributed by atoms with Crippen molar-refractivity contribution in [3.05, 3.63) is 97.2 Å². The lowest BCUT2D eigenvalue weighted by molar-refractivity contribution is 0.901. The molecule has 2 heteroatoms. The summed E-state index contributed by atoms with van der Waals surface area (Å²) in [5, 5.41) is 0. The Morgan fingerprint density at radius 1 is 1.08 bits per heavy atom. The van der Waals surface area contributed by atoms with Gasteiger partial charge in [-0.05, 0) is 30.8 Å². The largest absolute Gasteiger partial charge is 0.362 e. The van der Waals surface area contributed by atoms with E-state index in [1.165, 1.54) is 5.57 Å². The highest BCUT2D eigenvalue weighted by Crippen LogP contribution is 2.29. The van der Waals surface area contributed by atoms with Gasteiger partial charge in [-0.1, -0.05) is 79.5 Å². The first-order chi connectivity index (χ1) is 11.8. The third-order valence-corrected chi connectivity index (χ3v) is 3.68. The van der Waals surface area contributed by atoms with Crippen LogP contribution < -0.4 is 4.90 Å². The molecule has 0 amide bonds. The Hall–Kier alpha value is -2.87. The zero-order valence-electron chi connectivity index (χ0n) is 14.0. The Morgan fingerprint density at radius 2 is 1.96 bits per heavy atom. The molecule has 1 aromatic rings. The van der Waals surface area contributed by atoms with Crippen molar-refractivity contribution in [2.45, 2.75) is 6.42 Å². The van der Waals surface area contributed by atoms with Crippen LogP contribution in [0.2, 0.25) is 0 Å². The molecule has 0 heterocycles. The van der Waals surface area contributed by atoms with Gasteiger partial charge in [0.25, 0.3) is 0 Å². The van der Waals surface area contributed by atoms with Gasteiger partial charge in [-0.2, -0.15) is 0 Å². The second-order valence-electron chi connectivity index (χ2n) is 5.42. The van der Waals surface area contributed by atoms with Crippen LogP contribution in [0.5, 0.6) is 0 Å². The van der Waals surface area contributed by atoms with Crippen LogP contribution in [-0.4, -0.2) is 19.8 Å². The summed E-state index contributed by atoms with van der Waals surface area (Å²) in [6, 6.07) is 8.13. The van der Waals surface area contributed by atoms with Crippen LogP contribution in [0.25, 0.3) is 0 Å². The van der Waals surface area contributed by atoms with Gasteiger partial charge in [0.2, 0.25) is 0 Å². The molecule has 2 nitrogen and oxygen atoms in total. The average Bonchev–Trinajstić information content (AvgIpc) is 2.89. The van der Waals surface area contributed by atoms with Crippen LogP contribution in [0.1, 0.15) is 6.42 Å². The number of allylic oxidation sites excluding steroid dienone is 9. The van der Waals surface area contributed by atoms with E-state index in [1.54, 1.807) is 6.08 Å². The van der Waals surface area contributed by atoms with Gasteiger partial charge in [-0.3, -0.25) is 4.99 Å². The molecule has 122 valence electrons. The highest BCUT2D eigenvalue weighted by atomic mass is 15.1. The minimum atomic E-state index is 0.804. The Kier molecular flexibility index (Phi) is 7.29. The van der Waals surface area contributed by atoms with Crippen molar-refractivity contribution in [2.75, 3.05) is 18.0 Å². The second-order valence-corrected chi connectivity index (χ2v) is 5.42. The summed E-state index contributed by atoms with van der Waals surface area (Å²) in [6.07, 6.45) is 21.5. The lowest BCUT2D eigenvalue weighted by atomic mass is 10.1. The maximum absolute atomic E-state index is 4.17. The van der Waals surface area contributed by atoms with Crippen LogP contribution in [0, 0.1) is 0 Å². The van der Waals surface area contributed by atoms with Crippen LogP contribution in [0.15, 0.2) is 102 Å². The van der Waals surface area contributed by atoms with Crippen molar-refractivity contribution < 1.29 is 0 Å². The summed E-state index contributed by atoms with van der Waals surface area (Å²) in [4.78, 5) is 6.49. The third kappa shape index (κ3) is 5.40. The van der Waals surface area contributed by atoms with Crippen molar-refractivity contribution in [1.29, 1.82) is 0 Å². The highest BCUT2D eigenvalue weighted by molar-refractivity contribution is 5.69. The average molecular weight is 316 g/mol. The number of hydrogen-bond acceptors (Lipinski definition) is 2. The molecule has 1 aliphatic carbocycles. The summed E-state index contributed by atoms with van der Waals surface area (Å²) in [5.74, 6) is 0. The van der Waals surface area contributed by atoms with E-state index in [4.69, 9.17) is 0 Å². The Balaban J connectivity index is 2.21. The Morgan fingerprint density at radius 3 is 2.79 bits per heavy atom. The van der Waals surface area contributed by atoms with Crippen LogP contribution in [-0.2, 0) is 0 Å². The predicted octanol–water partition coefficient (Wildman–Crippen LogP) is 5.57. The number of para-hydroxylation sites is 2. The first-order valence-corrected chi connectivity index (χ1v) is 8.11. The minimum Gasteiger partial charge on any atom is -0.362 e. The van der Waals surface area contributed by atoms with E-state index in [0.29, 0.717) is 0 Å². The lowest BCUT2D eigenvalue weighted by Crippen LogP contribution is -2.26. The first-order valence-electron chi connectivity index (χ1n) is 8.11. The van der Waals surface area contributed by atoms with Crippen LogP contribution in [0.4, 0.5) is 11.4 Å². The Labute approximate surface area is 145 Å². The molecule has 0 atom stereocenters. The molecule has 0 spiro atoms. The van der Waals surface area contributed by atoms with Crippen molar-refractivity contribution in [2.24, 2.45) is 4.99 Å². The molecule has 0 N–H and O–H groups in total. The lowest BCUT2D eigenvalue weighted by Gasteiger charge is -2.26. The monoisotopic (exact) mass is 316 g/mol. The molecule has 2 rings (SSSR count). The van der Waals surface area contributed by atoms with Crippen LogP contribution in [0.3, 0.4) is 0 Å². The van der Waals surface area contributed by atoms with E-state index in [2.05, 4.69) is 65.7 Å². The van der Waals surface area contributed by atoms with Crippen LogP contribution >= 0.6 is 0 Å². The standard InChI is InChI=1S/C22H24N2/c1-3-4-5-8-13-18-24(19-20-14-9-6-7-10-15-20)22-17-12-11-16-21(22)23-2/h3-14,16-17H,1-2,15,18-19H2/b5-4-,13-8-. The van der Waals surface area contributed by atoms with Gasteiger partial charge in [0.05, 0.1) is 11.4 Å². The van der Waals surface area contributed by atoms with E-state index in [0.717, 1.165) is 30.9 Å². The number of anilines is 1. The normalized spacial score (nSPS) is 13.9. The van der Waals surface area contributed by atoms with Crippen molar-refractivity contribution in [3.8, 4) is 0 Å². The maximum atomic E-state index is 4.17. The predicted molar refractivity (Wildman–Crippen MR) is 107 cm³/mol. The van der Waals surface area contributed by atoms with Crippen molar-refractivity contribution in [3.63, 3.8) is 0 Å². The number of aliphatic imine (C=N–C) groups is 1. The van der Waals surface area contributed by atoms with Crippen molar-refractivity contribution >= 4 is 18.1 Å².